The summed E-state index contributed by atoms with van der Waals surface area (Å²) in [6.45, 7) is 1.93. The van der Waals surface area contributed by atoms with Crippen LogP contribution in [0.25, 0.3) is 0 Å². The smallest absolute Gasteiger partial charge is 0.211 e. The van der Waals surface area contributed by atoms with Crippen LogP contribution < -0.4 is 0 Å². The summed E-state index contributed by atoms with van der Waals surface area (Å²) in [6.07, 6.45) is 16.5. The maximum atomic E-state index is 10.7. The van der Waals surface area contributed by atoms with Crippen molar-refractivity contribution in [2.24, 2.45) is 27.7 Å². The zero-order valence-electron chi connectivity index (χ0n) is 13.7. The van der Waals surface area contributed by atoms with Crippen molar-refractivity contribution in [3.63, 3.8) is 0 Å². The largest absolute Gasteiger partial charge is 0.237 e. The van der Waals surface area contributed by atoms with E-state index in [2.05, 4.69) is 9.98 Å². The molecule has 0 spiro atoms. The van der Waals surface area contributed by atoms with Gasteiger partial charge in [0.25, 0.3) is 0 Å². The number of rotatable bonds is 6. The normalized spacial score (nSPS) is 29.0. The van der Waals surface area contributed by atoms with Crippen LogP contribution in [0.15, 0.2) is 9.98 Å². The lowest BCUT2D eigenvalue weighted by Crippen LogP contribution is -2.36. The van der Waals surface area contributed by atoms with Gasteiger partial charge in [0, 0.05) is 5.92 Å². The molecule has 0 heterocycles. The maximum absolute atomic E-state index is 10.7. The number of carbonyl (C=O) groups excluding carboxylic acids is 2. The Kier molecular flexibility index (Phi) is 6.54. The SMILES string of the molecule is CCC(N=C=O)(N=C=O)C1CCC(CC2CCCCC2)CC1. The summed E-state index contributed by atoms with van der Waals surface area (Å²) in [5.41, 5.74) is -0.903. The van der Waals surface area contributed by atoms with Gasteiger partial charge in [-0.1, -0.05) is 51.9 Å². The molecular weight excluding hydrogens is 276 g/mol. The Morgan fingerprint density at radius 1 is 0.864 bits per heavy atom. The Bertz CT molecular complexity index is 418. The van der Waals surface area contributed by atoms with Crippen LogP contribution in [-0.4, -0.2) is 17.8 Å². The van der Waals surface area contributed by atoms with E-state index < -0.39 is 5.66 Å². The van der Waals surface area contributed by atoms with E-state index in [4.69, 9.17) is 0 Å². The summed E-state index contributed by atoms with van der Waals surface area (Å²) >= 11 is 0. The molecule has 2 aliphatic rings. The molecule has 2 fully saturated rings. The lowest BCUT2D eigenvalue weighted by Gasteiger charge is -2.37. The molecule has 0 saturated heterocycles. The van der Waals surface area contributed by atoms with E-state index in [1.807, 2.05) is 6.92 Å². The van der Waals surface area contributed by atoms with E-state index in [-0.39, 0.29) is 5.92 Å². The first-order valence-electron chi connectivity index (χ1n) is 8.92. The van der Waals surface area contributed by atoms with Crippen LogP contribution in [0.5, 0.6) is 0 Å². The molecule has 0 unspecified atom stereocenters. The van der Waals surface area contributed by atoms with Crippen molar-refractivity contribution in [2.75, 3.05) is 0 Å². The zero-order chi connectivity index (χ0) is 15.8. The molecule has 0 aromatic rings. The summed E-state index contributed by atoms with van der Waals surface area (Å²) in [6, 6.07) is 0. The van der Waals surface area contributed by atoms with E-state index in [1.54, 1.807) is 12.2 Å². The molecule has 2 saturated carbocycles. The second-order valence-corrected chi connectivity index (χ2v) is 7.10. The third-order valence-corrected chi connectivity index (χ3v) is 5.89. The highest BCUT2D eigenvalue weighted by atomic mass is 16.1. The second kappa shape index (κ2) is 8.41. The van der Waals surface area contributed by atoms with Crippen molar-refractivity contribution >= 4 is 12.2 Å². The molecule has 2 rings (SSSR count). The molecule has 0 bridgehead atoms. The van der Waals surface area contributed by atoms with Gasteiger partial charge < -0.3 is 0 Å². The van der Waals surface area contributed by atoms with Gasteiger partial charge in [0.2, 0.25) is 12.2 Å². The van der Waals surface area contributed by atoms with Gasteiger partial charge in [0.1, 0.15) is 0 Å². The maximum Gasteiger partial charge on any atom is 0.237 e. The predicted octanol–water partition coefficient (Wildman–Crippen LogP) is 4.54. The summed E-state index contributed by atoms with van der Waals surface area (Å²) < 4.78 is 0. The molecule has 22 heavy (non-hydrogen) atoms. The Labute approximate surface area is 133 Å². The van der Waals surface area contributed by atoms with E-state index in [0.717, 1.165) is 24.7 Å². The van der Waals surface area contributed by atoms with Gasteiger partial charge in [-0.15, -0.1) is 0 Å². The molecule has 0 N–H and O–H groups in total. The van der Waals surface area contributed by atoms with Crippen LogP contribution in [0.3, 0.4) is 0 Å². The van der Waals surface area contributed by atoms with Crippen LogP contribution in [-0.2, 0) is 9.59 Å². The molecule has 122 valence electrons. The van der Waals surface area contributed by atoms with Gasteiger partial charge in [0.15, 0.2) is 5.66 Å². The average Bonchev–Trinajstić information content (AvgIpc) is 2.56. The van der Waals surface area contributed by atoms with E-state index in [9.17, 15) is 9.59 Å². The third-order valence-electron chi connectivity index (χ3n) is 5.89. The van der Waals surface area contributed by atoms with Gasteiger partial charge >= 0.3 is 0 Å². The van der Waals surface area contributed by atoms with Crippen LogP contribution in [0.4, 0.5) is 0 Å². The summed E-state index contributed by atoms with van der Waals surface area (Å²) in [5.74, 6) is 1.91. The van der Waals surface area contributed by atoms with Crippen molar-refractivity contribution in [1.29, 1.82) is 0 Å². The lowest BCUT2D eigenvalue weighted by molar-refractivity contribution is 0.153. The molecule has 2 aliphatic carbocycles. The minimum atomic E-state index is -0.903. The molecular formula is C18H28N2O2. The highest BCUT2D eigenvalue weighted by molar-refractivity contribution is 5.39. The monoisotopic (exact) mass is 304 g/mol. The van der Waals surface area contributed by atoms with Gasteiger partial charge in [-0.3, -0.25) is 0 Å². The van der Waals surface area contributed by atoms with Crippen molar-refractivity contribution in [1.82, 2.24) is 0 Å². The summed E-state index contributed by atoms with van der Waals surface area (Å²) in [7, 11) is 0. The van der Waals surface area contributed by atoms with E-state index in [1.165, 1.54) is 51.4 Å². The fourth-order valence-electron chi connectivity index (χ4n) is 4.57. The van der Waals surface area contributed by atoms with Gasteiger partial charge in [-0.2, -0.15) is 9.98 Å². The lowest BCUT2D eigenvalue weighted by atomic mass is 9.71. The molecule has 0 aromatic carbocycles. The van der Waals surface area contributed by atoms with Gasteiger partial charge in [-0.05, 0) is 37.5 Å². The Morgan fingerprint density at radius 2 is 1.41 bits per heavy atom. The van der Waals surface area contributed by atoms with Crippen molar-refractivity contribution in [3.8, 4) is 0 Å². The molecule has 0 aromatic heterocycles. The van der Waals surface area contributed by atoms with E-state index >= 15 is 0 Å². The molecule has 0 atom stereocenters. The second-order valence-electron chi connectivity index (χ2n) is 7.10. The minimum absolute atomic E-state index is 0.183. The number of hydrogen-bond acceptors (Lipinski definition) is 4. The van der Waals surface area contributed by atoms with Crippen LogP contribution in [0.2, 0.25) is 0 Å². The molecule has 0 aliphatic heterocycles. The quantitative estimate of drug-likeness (QED) is 0.534. The molecule has 4 nitrogen and oxygen atoms in total. The highest BCUT2D eigenvalue weighted by Gasteiger charge is 2.40. The molecule has 0 amide bonds. The first kappa shape index (κ1) is 17.1. The average molecular weight is 304 g/mol. The molecule has 0 radical (unpaired) electrons. The van der Waals surface area contributed by atoms with Crippen molar-refractivity contribution in [3.05, 3.63) is 0 Å². The molecule has 4 heteroatoms. The Hall–Kier alpha value is -1.24. The van der Waals surface area contributed by atoms with Crippen LogP contribution >= 0.6 is 0 Å². The topological polar surface area (TPSA) is 58.9 Å². The standard InChI is InChI=1S/C18H28N2O2/c1-2-18(19-13-21,20-14-22)17-10-8-16(9-11-17)12-15-6-4-3-5-7-15/h15-17H,2-12H2,1H3. The summed E-state index contributed by atoms with van der Waals surface area (Å²) in [4.78, 5) is 29.3. The highest BCUT2D eigenvalue weighted by Crippen LogP contribution is 2.42. The predicted molar refractivity (Wildman–Crippen MR) is 85.9 cm³/mol. The fraction of sp³-hybridized carbons (Fsp3) is 0.889. The first-order chi connectivity index (χ1) is 10.7. The van der Waals surface area contributed by atoms with Crippen LogP contribution in [0.1, 0.15) is 77.6 Å². The Morgan fingerprint density at radius 3 is 1.91 bits per heavy atom. The van der Waals surface area contributed by atoms with Crippen molar-refractivity contribution in [2.45, 2.75) is 83.2 Å². The summed E-state index contributed by atoms with van der Waals surface area (Å²) in [5, 5.41) is 0. The first-order valence-corrected chi connectivity index (χ1v) is 8.92. The van der Waals surface area contributed by atoms with Crippen molar-refractivity contribution < 1.29 is 9.59 Å². The zero-order valence-corrected chi connectivity index (χ0v) is 13.7. The van der Waals surface area contributed by atoms with Crippen LogP contribution in [0, 0.1) is 17.8 Å². The number of aliphatic imine (C=N–C) groups is 2. The van der Waals surface area contributed by atoms with E-state index in [0.29, 0.717) is 6.42 Å². The number of isocyanates is 2. The Balaban J connectivity index is 1.91. The minimum Gasteiger partial charge on any atom is -0.211 e. The third kappa shape index (κ3) is 4.15. The van der Waals surface area contributed by atoms with Gasteiger partial charge in [0.05, 0.1) is 0 Å². The number of hydrogen-bond donors (Lipinski definition) is 0. The van der Waals surface area contributed by atoms with Gasteiger partial charge in [-0.25, -0.2) is 9.59 Å². The number of nitrogens with zero attached hydrogens (tertiary/aromatic N) is 2. The fourth-order valence-corrected chi connectivity index (χ4v) is 4.57.